The summed E-state index contributed by atoms with van der Waals surface area (Å²) < 4.78 is 5.13. The summed E-state index contributed by atoms with van der Waals surface area (Å²) in [6, 6.07) is 15.2. The maximum Gasteiger partial charge on any atom is 0.234 e. The van der Waals surface area contributed by atoms with Gasteiger partial charge >= 0.3 is 0 Å². The molecule has 0 spiro atoms. The molecule has 1 saturated heterocycles. The molecule has 1 aliphatic rings. The van der Waals surface area contributed by atoms with Gasteiger partial charge in [0.25, 0.3) is 0 Å². The molecule has 0 saturated carbocycles. The fourth-order valence-electron chi connectivity index (χ4n) is 2.45. The van der Waals surface area contributed by atoms with Crippen LogP contribution in [0.15, 0.2) is 48.5 Å². The lowest BCUT2D eigenvalue weighted by Crippen LogP contribution is -2.28. The zero-order valence-corrected chi connectivity index (χ0v) is 11.7. The maximum absolute atomic E-state index is 11.7. The van der Waals surface area contributed by atoms with Crippen molar-refractivity contribution in [3.63, 3.8) is 0 Å². The van der Waals surface area contributed by atoms with Gasteiger partial charge in [0.05, 0.1) is 12.8 Å². The van der Waals surface area contributed by atoms with E-state index in [1.165, 1.54) is 4.90 Å². The Hall–Kier alpha value is -2.62. The number of rotatable bonds is 3. The summed E-state index contributed by atoms with van der Waals surface area (Å²) in [5.41, 5.74) is 2.72. The van der Waals surface area contributed by atoms with E-state index in [1.807, 2.05) is 36.4 Å². The van der Waals surface area contributed by atoms with Crippen molar-refractivity contribution in [1.82, 2.24) is 0 Å². The predicted molar refractivity (Wildman–Crippen MR) is 80.2 cm³/mol. The van der Waals surface area contributed by atoms with Gasteiger partial charge in [0.15, 0.2) is 0 Å². The molecule has 4 heteroatoms. The Morgan fingerprint density at radius 1 is 0.810 bits per heavy atom. The van der Waals surface area contributed by atoms with Gasteiger partial charge in [0.2, 0.25) is 11.8 Å². The molecule has 1 heterocycles. The number of methoxy groups -OCH3 is 1. The number of hydrogen-bond acceptors (Lipinski definition) is 3. The van der Waals surface area contributed by atoms with Crippen LogP contribution in [0.4, 0.5) is 5.69 Å². The summed E-state index contributed by atoms with van der Waals surface area (Å²) in [4.78, 5) is 24.7. The van der Waals surface area contributed by atoms with Crippen LogP contribution in [0, 0.1) is 0 Å². The quantitative estimate of drug-likeness (QED) is 0.812. The number of nitrogens with zero attached hydrogens (tertiary/aromatic N) is 1. The van der Waals surface area contributed by atoms with Gasteiger partial charge in [-0.25, -0.2) is 0 Å². The number of benzene rings is 2. The largest absolute Gasteiger partial charge is 0.497 e. The van der Waals surface area contributed by atoms with Crippen LogP contribution in [0.1, 0.15) is 12.8 Å². The minimum atomic E-state index is -0.128. The lowest BCUT2D eigenvalue weighted by atomic mass is 10.1. The van der Waals surface area contributed by atoms with Crippen molar-refractivity contribution in [2.45, 2.75) is 12.8 Å². The van der Waals surface area contributed by atoms with E-state index in [9.17, 15) is 9.59 Å². The second kappa shape index (κ2) is 5.40. The van der Waals surface area contributed by atoms with Crippen molar-refractivity contribution in [3.8, 4) is 16.9 Å². The third-order valence-electron chi connectivity index (χ3n) is 3.60. The Kier molecular flexibility index (Phi) is 3.44. The fraction of sp³-hybridized carbons (Fsp3) is 0.176. The summed E-state index contributed by atoms with van der Waals surface area (Å²) in [7, 11) is 1.63. The van der Waals surface area contributed by atoms with Gasteiger partial charge in [-0.1, -0.05) is 24.3 Å². The Morgan fingerprint density at radius 3 is 1.76 bits per heavy atom. The molecule has 0 N–H and O–H groups in total. The summed E-state index contributed by atoms with van der Waals surface area (Å²) in [6.07, 6.45) is 0.609. The van der Waals surface area contributed by atoms with Gasteiger partial charge in [-0.15, -0.1) is 0 Å². The van der Waals surface area contributed by atoms with Crippen LogP contribution < -0.4 is 9.64 Å². The molecule has 0 radical (unpaired) electrons. The van der Waals surface area contributed by atoms with E-state index in [-0.39, 0.29) is 11.8 Å². The van der Waals surface area contributed by atoms with E-state index in [2.05, 4.69) is 0 Å². The lowest BCUT2D eigenvalue weighted by Gasteiger charge is -2.14. The topological polar surface area (TPSA) is 46.6 Å². The van der Waals surface area contributed by atoms with Crippen LogP contribution in [0.5, 0.6) is 5.75 Å². The van der Waals surface area contributed by atoms with Crippen LogP contribution in [-0.4, -0.2) is 18.9 Å². The van der Waals surface area contributed by atoms with Crippen molar-refractivity contribution in [2.75, 3.05) is 12.0 Å². The van der Waals surface area contributed by atoms with Gasteiger partial charge in [-0.05, 0) is 35.4 Å². The molecule has 1 aliphatic heterocycles. The lowest BCUT2D eigenvalue weighted by molar-refractivity contribution is -0.121. The predicted octanol–water partition coefficient (Wildman–Crippen LogP) is 3.02. The van der Waals surface area contributed by atoms with Crippen molar-refractivity contribution < 1.29 is 14.3 Å². The highest BCUT2D eigenvalue weighted by atomic mass is 16.5. The van der Waals surface area contributed by atoms with E-state index in [0.717, 1.165) is 16.9 Å². The number of ether oxygens (including phenoxy) is 1. The summed E-state index contributed by atoms with van der Waals surface area (Å²) >= 11 is 0. The number of hydrogen-bond donors (Lipinski definition) is 0. The second-order valence-corrected chi connectivity index (χ2v) is 4.90. The normalized spacial score (nSPS) is 14.6. The molecule has 4 nitrogen and oxygen atoms in total. The number of carbonyl (C=O) groups is 2. The number of carbonyl (C=O) groups excluding carboxylic acids is 2. The minimum Gasteiger partial charge on any atom is -0.497 e. The Bertz CT molecular complexity index is 658. The third kappa shape index (κ3) is 2.52. The second-order valence-electron chi connectivity index (χ2n) is 4.90. The number of amides is 2. The molecule has 106 valence electrons. The molecule has 0 unspecified atom stereocenters. The molecule has 2 aromatic carbocycles. The highest BCUT2D eigenvalue weighted by Gasteiger charge is 2.29. The molecule has 0 aliphatic carbocycles. The molecule has 1 fully saturated rings. The van der Waals surface area contributed by atoms with Gasteiger partial charge in [0, 0.05) is 12.8 Å². The molecular formula is C17H15NO3. The van der Waals surface area contributed by atoms with E-state index in [0.29, 0.717) is 18.5 Å². The van der Waals surface area contributed by atoms with Crippen LogP contribution in [-0.2, 0) is 9.59 Å². The summed E-state index contributed by atoms with van der Waals surface area (Å²) in [5, 5.41) is 0. The van der Waals surface area contributed by atoms with Gasteiger partial charge in [0.1, 0.15) is 5.75 Å². The molecule has 2 aromatic rings. The van der Waals surface area contributed by atoms with E-state index in [4.69, 9.17) is 4.74 Å². The highest BCUT2D eigenvalue weighted by Crippen LogP contribution is 2.27. The first kappa shape index (κ1) is 13.4. The van der Waals surface area contributed by atoms with Crippen molar-refractivity contribution >= 4 is 17.5 Å². The first-order chi connectivity index (χ1) is 10.2. The highest BCUT2D eigenvalue weighted by molar-refractivity contribution is 6.19. The van der Waals surface area contributed by atoms with E-state index >= 15 is 0 Å². The molecule has 0 atom stereocenters. The molecule has 0 aromatic heterocycles. The van der Waals surface area contributed by atoms with Crippen LogP contribution in [0.2, 0.25) is 0 Å². The van der Waals surface area contributed by atoms with Gasteiger partial charge < -0.3 is 4.74 Å². The summed E-state index contributed by atoms with van der Waals surface area (Å²) in [6.45, 7) is 0. The molecular weight excluding hydrogens is 266 g/mol. The van der Waals surface area contributed by atoms with Gasteiger partial charge in [-0.3, -0.25) is 14.5 Å². The van der Waals surface area contributed by atoms with E-state index in [1.54, 1.807) is 19.2 Å². The van der Waals surface area contributed by atoms with Crippen LogP contribution in [0.3, 0.4) is 0 Å². The van der Waals surface area contributed by atoms with E-state index < -0.39 is 0 Å². The number of anilines is 1. The molecule has 2 amide bonds. The SMILES string of the molecule is COc1ccc(-c2ccc(N3C(=O)CCC3=O)cc2)cc1. The standard InChI is InChI=1S/C17H15NO3/c1-21-15-8-4-13(5-9-15)12-2-6-14(7-3-12)18-16(19)10-11-17(18)20/h2-9H,10-11H2,1H3. The monoisotopic (exact) mass is 281 g/mol. The zero-order chi connectivity index (χ0) is 14.8. The van der Waals surface area contributed by atoms with Crippen molar-refractivity contribution in [1.29, 1.82) is 0 Å². The van der Waals surface area contributed by atoms with Crippen molar-refractivity contribution in [3.05, 3.63) is 48.5 Å². The van der Waals surface area contributed by atoms with Crippen LogP contribution >= 0.6 is 0 Å². The van der Waals surface area contributed by atoms with Crippen molar-refractivity contribution in [2.24, 2.45) is 0 Å². The molecule has 3 rings (SSSR count). The van der Waals surface area contributed by atoms with Gasteiger partial charge in [-0.2, -0.15) is 0 Å². The minimum absolute atomic E-state index is 0.128. The average molecular weight is 281 g/mol. The van der Waals surface area contributed by atoms with Crippen LogP contribution in [0.25, 0.3) is 11.1 Å². The average Bonchev–Trinajstić information content (AvgIpc) is 2.87. The smallest absolute Gasteiger partial charge is 0.234 e. The molecule has 0 bridgehead atoms. The maximum atomic E-state index is 11.7. The first-order valence-electron chi connectivity index (χ1n) is 6.79. The molecule has 21 heavy (non-hydrogen) atoms. The Labute approximate surface area is 123 Å². The number of imide groups is 1. The summed E-state index contributed by atoms with van der Waals surface area (Å²) in [5.74, 6) is 0.554. The third-order valence-corrected chi connectivity index (χ3v) is 3.60. The Morgan fingerprint density at radius 2 is 1.29 bits per heavy atom. The zero-order valence-electron chi connectivity index (χ0n) is 11.7. The first-order valence-corrected chi connectivity index (χ1v) is 6.79. The fourth-order valence-corrected chi connectivity index (χ4v) is 2.45. The Balaban J connectivity index is 1.86.